The summed E-state index contributed by atoms with van der Waals surface area (Å²) < 4.78 is 5.97. The number of ether oxygens (including phenoxy) is 1. The molecule has 0 spiro atoms. The Bertz CT molecular complexity index is 287. The van der Waals surface area contributed by atoms with Crippen LogP contribution in [0.1, 0.15) is 32.6 Å². The molecular weight excluding hydrogens is 148 g/mol. The average molecular weight is 162 g/mol. The van der Waals surface area contributed by atoms with Gasteiger partial charge >= 0.3 is 0 Å². The van der Waals surface area contributed by atoms with Crippen LogP contribution in [0.4, 0.5) is 0 Å². The van der Waals surface area contributed by atoms with Gasteiger partial charge in [0.25, 0.3) is 0 Å². The minimum Gasteiger partial charge on any atom is -0.363 e. The summed E-state index contributed by atoms with van der Waals surface area (Å²) in [6.07, 6.45) is 10.1. The van der Waals surface area contributed by atoms with Gasteiger partial charge < -0.3 is 4.74 Å². The smallest absolute Gasteiger partial charge is 0.0913 e. The van der Waals surface area contributed by atoms with Gasteiger partial charge in [0, 0.05) is 0 Å². The summed E-state index contributed by atoms with van der Waals surface area (Å²) in [5.74, 6) is 0. The van der Waals surface area contributed by atoms with Crippen LogP contribution in [-0.2, 0) is 4.74 Å². The molecule has 0 aromatic heterocycles. The zero-order valence-corrected chi connectivity index (χ0v) is 7.47. The van der Waals surface area contributed by atoms with Gasteiger partial charge in [-0.25, -0.2) is 0 Å². The number of hydrogen-bond acceptors (Lipinski definition) is 1. The van der Waals surface area contributed by atoms with Gasteiger partial charge in [-0.05, 0) is 43.8 Å². The lowest BCUT2D eigenvalue weighted by Crippen LogP contribution is -2.23. The standard InChI is InChI=1S/C11H14O/c1-11-7-6-10(12-11)8-4-2-3-5-9(8)11/h4-5,10H,2-3,6-7H2,1H3. The lowest BCUT2D eigenvalue weighted by molar-refractivity contribution is 0.0485. The Labute approximate surface area is 73.1 Å². The van der Waals surface area contributed by atoms with Crippen molar-refractivity contribution in [1.29, 1.82) is 0 Å². The molecule has 2 saturated heterocycles. The molecule has 64 valence electrons. The Hall–Kier alpha value is -0.560. The van der Waals surface area contributed by atoms with Gasteiger partial charge in [-0.2, -0.15) is 0 Å². The van der Waals surface area contributed by atoms with E-state index < -0.39 is 0 Å². The third-order valence-corrected chi connectivity index (χ3v) is 3.39. The van der Waals surface area contributed by atoms with Crippen molar-refractivity contribution in [2.24, 2.45) is 0 Å². The van der Waals surface area contributed by atoms with Crippen molar-refractivity contribution in [3.63, 3.8) is 0 Å². The monoisotopic (exact) mass is 162 g/mol. The van der Waals surface area contributed by atoms with Gasteiger partial charge in [-0.15, -0.1) is 0 Å². The van der Waals surface area contributed by atoms with Crippen molar-refractivity contribution in [2.75, 3.05) is 0 Å². The molecule has 0 aromatic carbocycles. The summed E-state index contributed by atoms with van der Waals surface area (Å²) in [6.45, 7) is 2.24. The molecule has 2 heterocycles. The fraction of sp³-hybridized carbons (Fsp3) is 0.636. The van der Waals surface area contributed by atoms with Crippen LogP contribution in [0.3, 0.4) is 0 Å². The second kappa shape index (κ2) is 2.02. The number of allylic oxidation sites excluding steroid dienone is 2. The molecule has 0 aromatic rings. The highest BCUT2D eigenvalue weighted by molar-refractivity contribution is 5.48. The highest BCUT2D eigenvalue weighted by Crippen LogP contribution is 2.51. The summed E-state index contributed by atoms with van der Waals surface area (Å²) in [4.78, 5) is 0. The second-order valence-corrected chi connectivity index (χ2v) is 4.23. The van der Waals surface area contributed by atoms with E-state index in [9.17, 15) is 0 Å². The predicted molar refractivity (Wildman–Crippen MR) is 47.9 cm³/mol. The van der Waals surface area contributed by atoms with Crippen LogP contribution in [-0.4, -0.2) is 11.7 Å². The maximum Gasteiger partial charge on any atom is 0.0913 e. The van der Waals surface area contributed by atoms with Crippen molar-refractivity contribution in [3.05, 3.63) is 23.3 Å². The Balaban J connectivity index is 2.12. The zero-order chi connectivity index (χ0) is 8.18. The fourth-order valence-corrected chi connectivity index (χ4v) is 2.78. The van der Waals surface area contributed by atoms with E-state index >= 15 is 0 Å². The number of rotatable bonds is 0. The third-order valence-electron chi connectivity index (χ3n) is 3.39. The van der Waals surface area contributed by atoms with Crippen LogP contribution < -0.4 is 0 Å². The summed E-state index contributed by atoms with van der Waals surface area (Å²) in [7, 11) is 0. The van der Waals surface area contributed by atoms with Crippen LogP contribution in [0.25, 0.3) is 0 Å². The van der Waals surface area contributed by atoms with Gasteiger partial charge in [0.1, 0.15) is 0 Å². The zero-order valence-electron chi connectivity index (χ0n) is 7.47. The first-order valence-electron chi connectivity index (χ1n) is 4.88. The summed E-state index contributed by atoms with van der Waals surface area (Å²) in [6, 6.07) is 0. The summed E-state index contributed by atoms with van der Waals surface area (Å²) in [5, 5.41) is 0. The van der Waals surface area contributed by atoms with Crippen molar-refractivity contribution in [2.45, 2.75) is 44.3 Å². The lowest BCUT2D eigenvalue weighted by atomic mass is 9.78. The van der Waals surface area contributed by atoms with E-state index in [1.54, 1.807) is 0 Å². The maximum absolute atomic E-state index is 5.97. The molecule has 2 bridgehead atoms. The molecule has 0 N–H and O–H groups in total. The maximum atomic E-state index is 5.97. The fourth-order valence-electron chi connectivity index (χ4n) is 2.78. The second-order valence-electron chi connectivity index (χ2n) is 4.23. The topological polar surface area (TPSA) is 9.23 Å². The molecule has 1 nitrogen and oxygen atoms in total. The Morgan fingerprint density at radius 3 is 3.08 bits per heavy atom. The van der Waals surface area contributed by atoms with E-state index in [1.807, 2.05) is 0 Å². The molecule has 0 saturated carbocycles. The average Bonchev–Trinajstić information content (AvgIpc) is 2.60. The van der Waals surface area contributed by atoms with Crippen LogP contribution in [0.15, 0.2) is 23.3 Å². The summed E-state index contributed by atoms with van der Waals surface area (Å²) in [5.41, 5.74) is 3.11. The third kappa shape index (κ3) is 0.680. The Morgan fingerprint density at radius 2 is 2.25 bits per heavy atom. The predicted octanol–water partition coefficient (Wildman–Crippen LogP) is 2.58. The van der Waals surface area contributed by atoms with Crippen molar-refractivity contribution < 1.29 is 4.74 Å². The number of fused-ring (bicyclic) bond motifs is 5. The van der Waals surface area contributed by atoms with E-state index in [0.29, 0.717) is 6.10 Å². The largest absolute Gasteiger partial charge is 0.363 e. The van der Waals surface area contributed by atoms with E-state index in [-0.39, 0.29) is 5.60 Å². The van der Waals surface area contributed by atoms with E-state index in [2.05, 4.69) is 19.1 Å². The molecule has 2 unspecified atom stereocenters. The van der Waals surface area contributed by atoms with E-state index in [0.717, 1.165) is 0 Å². The lowest BCUT2D eigenvalue weighted by Gasteiger charge is -2.24. The first-order valence-corrected chi connectivity index (χ1v) is 4.88. The normalized spacial score (nSPS) is 43.9. The van der Waals surface area contributed by atoms with Gasteiger partial charge in [0.05, 0.1) is 11.7 Å². The molecule has 1 aliphatic carbocycles. The number of hydrogen-bond donors (Lipinski definition) is 0. The SMILES string of the molecule is CC12CCC(O1)C1=CCCC=C12. The summed E-state index contributed by atoms with van der Waals surface area (Å²) >= 11 is 0. The van der Waals surface area contributed by atoms with Crippen molar-refractivity contribution in [1.82, 2.24) is 0 Å². The highest BCUT2D eigenvalue weighted by Gasteiger charge is 2.49. The van der Waals surface area contributed by atoms with Crippen molar-refractivity contribution in [3.8, 4) is 0 Å². The van der Waals surface area contributed by atoms with Crippen LogP contribution in [0, 0.1) is 0 Å². The molecule has 1 heteroatoms. The first-order chi connectivity index (χ1) is 5.80. The molecule has 0 amide bonds. The minimum absolute atomic E-state index is 0.0942. The van der Waals surface area contributed by atoms with E-state index in [1.165, 1.54) is 36.8 Å². The Kier molecular flexibility index (Phi) is 1.16. The van der Waals surface area contributed by atoms with Crippen molar-refractivity contribution >= 4 is 0 Å². The van der Waals surface area contributed by atoms with Crippen LogP contribution >= 0.6 is 0 Å². The van der Waals surface area contributed by atoms with Gasteiger partial charge in [0.2, 0.25) is 0 Å². The molecule has 3 aliphatic rings. The van der Waals surface area contributed by atoms with Crippen LogP contribution in [0.5, 0.6) is 0 Å². The molecule has 12 heavy (non-hydrogen) atoms. The molecule has 2 aliphatic heterocycles. The molecule has 0 radical (unpaired) electrons. The quantitative estimate of drug-likeness (QED) is 0.532. The molecular formula is C11H14O. The molecule has 2 fully saturated rings. The van der Waals surface area contributed by atoms with Gasteiger partial charge in [0.15, 0.2) is 0 Å². The Morgan fingerprint density at radius 1 is 1.42 bits per heavy atom. The van der Waals surface area contributed by atoms with Gasteiger partial charge in [-0.3, -0.25) is 0 Å². The highest BCUT2D eigenvalue weighted by atomic mass is 16.5. The van der Waals surface area contributed by atoms with Gasteiger partial charge in [-0.1, -0.05) is 12.2 Å². The first kappa shape index (κ1) is 6.90. The molecule has 3 rings (SSSR count). The molecule has 2 atom stereocenters. The minimum atomic E-state index is 0.0942. The van der Waals surface area contributed by atoms with Crippen LogP contribution in [0.2, 0.25) is 0 Å². The van der Waals surface area contributed by atoms with E-state index in [4.69, 9.17) is 4.74 Å².